The standard InChI is InChI=1S/C18H16BrFN2O2/c19-10-6-9(4-5-11(10)20)16-17-12(2-1-3-14(17)23)22-13-7-21-8-15(24)18(13)16/h4-6,16-17,21H,1-3,7-8H2. The highest BCUT2D eigenvalue weighted by atomic mass is 79.9. The first-order chi connectivity index (χ1) is 11.6. The first kappa shape index (κ1) is 15.8. The van der Waals surface area contributed by atoms with Crippen LogP contribution in [0.2, 0.25) is 0 Å². The summed E-state index contributed by atoms with van der Waals surface area (Å²) in [5, 5.41) is 3.06. The Morgan fingerprint density at radius 1 is 1.17 bits per heavy atom. The molecule has 6 heteroatoms. The molecule has 0 radical (unpaired) electrons. The van der Waals surface area contributed by atoms with E-state index in [1.165, 1.54) is 6.07 Å². The van der Waals surface area contributed by atoms with Crippen molar-refractivity contribution in [3.8, 4) is 0 Å². The van der Waals surface area contributed by atoms with E-state index in [4.69, 9.17) is 0 Å². The number of rotatable bonds is 1. The van der Waals surface area contributed by atoms with Crippen molar-refractivity contribution in [1.82, 2.24) is 5.32 Å². The Labute approximate surface area is 147 Å². The minimum atomic E-state index is -0.392. The van der Waals surface area contributed by atoms with Crippen LogP contribution in [0.3, 0.4) is 0 Å². The van der Waals surface area contributed by atoms with Crippen LogP contribution >= 0.6 is 15.9 Å². The zero-order valence-corrected chi connectivity index (χ0v) is 14.5. The zero-order valence-electron chi connectivity index (χ0n) is 12.9. The van der Waals surface area contributed by atoms with Crippen LogP contribution in [0.4, 0.5) is 4.39 Å². The quantitative estimate of drug-likeness (QED) is 0.801. The minimum absolute atomic E-state index is 0.0251. The number of aliphatic imine (C=N–C) groups is 1. The van der Waals surface area contributed by atoms with Gasteiger partial charge in [-0.1, -0.05) is 6.07 Å². The summed E-state index contributed by atoms with van der Waals surface area (Å²) in [6.07, 6.45) is 2.09. The molecule has 2 heterocycles. The number of benzene rings is 1. The first-order valence-corrected chi connectivity index (χ1v) is 8.87. The van der Waals surface area contributed by atoms with Crippen molar-refractivity contribution in [2.24, 2.45) is 10.9 Å². The lowest BCUT2D eigenvalue weighted by Crippen LogP contribution is -2.44. The van der Waals surface area contributed by atoms with Gasteiger partial charge < -0.3 is 5.32 Å². The summed E-state index contributed by atoms with van der Waals surface area (Å²) in [5.74, 6) is -1.00. The van der Waals surface area contributed by atoms with E-state index >= 15 is 0 Å². The lowest BCUT2D eigenvalue weighted by molar-refractivity contribution is -0.122. The lowest BCUT2D eigenvalue weighted by atomic mass is 9.68. The highest BCUT2D eigenvalue weighted by Gasteiger charge is 2.44. The summed E-state index contributed by atoms with van der Waals surface area (Å²) in [7, 11) is 0. The van der Waals surface area contributed by atoms with Crippen LogP contribution in [0.5, 0.6) is 0 Å². The van der Waals surface area contributed by atoms with Gasteiger partial charge in [-0.15, -0.1) is 0 Å². The van der Waals surface area contributed by atoms with Crippen LogP contribution in [0.25, 0.3) is 0 Å². The fourth-order valence-corrected chi connectivity index (χ4v) is 4.34. The third-order valence-corrected chi connectivity index (χ3v) is 5.58. The Kier molecular flexibility index (Phi) is 3.96. The number of carbonyl (C=O) groups excluding carboxylic acids is 2. The van der Waals surface area contributed by atoms with E-state index in [1.807, 2.05) is 0 Å². The molecular weight excluding hydrogens is 375 g/mol. The Balaban J connectivity index is 1.91. The molecule has 1 aliphatic carbocycles. The molecule has 0 spiro atoms. The zero-order chi connectivity index (χ0) is 16.8. The number of halogens is 2. The fraction of sp³-hybridized carbons (Fsp3) is 0.389. The van der Waals surface area contributed by atoms with Gasteiger partial charge in [0.1, 0.15) is 11.6 Å². The molecule has 4 rings (SSSR count). The molecule has 1 saturated carbocycles. The second-order valence-electron chi connectivity index (χ2n) is 6.44. The van der Waals surface area contributed by atoms with E-state index < -0.39 is 5.92 Å². The van der Waals surface area contributed by atoms with Gasteiger partial charge >= 0.3 is 0 Å². The molecule has 0 amide bonds. The molecule has 4 nitrogen and oxygen atoms in total. The predicted molar refractivity (Wildman–Crippen MR) is 91.5 cm³/mol. The van der Waals surface area contributed by atoms with Crippen LogP contribution in [-0.4, -0.2) is 30.4 Å². The largest absolute Gasteiger partial charge is 0.304 e. The predicted octanol–water partition coefficient (Wildman–Crippen LogP) is 2.92. The van der Waals surface area contributed by atoms with Gasteiger partial charge in [0.25, 0.3) is 0 Å². The van der Waals surface area contributed by atoms with Crippen molar-refractivity contribution in [3.63, 3.8) is 0 Å². The fourth-order valence-electron chi connectivity index (χ4n) is 3.95. The average Bonchev–Trinajstić information content (AvgIpc) is 2.56. The van der Waals surface area contributed by atoms with Crippen LogP contribution in [0, 0.1) is 11.7 Å². The van der Waals surface area contributed by atoms with E-state index in [0.29, 0.717) is 23.0 Å². The highest BCUT2D eigenvalue weighted by molar-refractivity contribution is 9.10. The summed E-state index contributed by atoms with van der Waals surface area (Å²) >= 11 is 3.22. The van der Waals surface area contributed by atoms with E-state index in [-0.39, 0.29) is 29.8 Å². The van der Waals surface area contributed by atoms with Crippen molar-refractivity contribution in [3.05, 3.63) is 45.3 Å². The Bertz CT molecular complexity index is 815. The number of nitrogens with zero attached hydrogens (tertiary/aromatic N) is 1. The summed E-state index contributed by atoms with van der Waals surface area (Å²) in [6.45, 7) is 0.786. The number of fused-ring (bicyclic) bond motifs is 1. The van der Waals surface area contributed by atoms with Crippen LogP contribution in [-0.2, 0) is 9.59 Å². The first-order valence-electron chi connectivity index (χ1n) is 8.08. The Morgan fingerprint density at radius 2 is 2.00 bits per heavy atom. The van der Waals surface area contributed by atoms with Gasteiger partial charge in [-0.3, -0.25) is 14.6 Å². The molecular formula is C18H16BrFN2O2. The molecule has 1 N–H and O–H groups in total. The summed E-state index contributed by atoms with van der Waals surface area (Å²) < 4.78 is 14.0. The monoisotopic (exact) mass is 390 g/mol. The second kappa shape index (κ2) is 6.01. The molecule has 124 valence electrons. The summed E-state index contributed by atoms with van der Waals surface area (Å²) in [5.41, 5.74) is 3.01. The average molecular weight is 391 g/mol. The maximum Gasteiger partial charge on any atom is 0.175 e. The maximum absolute atomic E-state index is 13.7. The number of nitrogens with one attached hydrogen (secondary N) is 1. The normalized spacial score (nSPS) is 26.8. The van der Waals surface area contributed by atoms with E-state index in [0.717, 1.165) is 29.8 Å². The number of ketones is 2. The van der Waals surface area contributed by atoms with Gasteiger partial charge in [-0.25, -0.2) is 4.39 Å². The molecule has 1 fully saturated rings. The molecule has 1 aromatic rings. The van der Waals surface area contributed by atoms with Crippen molar-refractivity contribution < 1.29 is 14.0 Å². The Hall–Kier alpha value is -1.66. The SMILES string of the molecule is O=C1CNCC2=C1C(c1ccc(F)c(Br)c1)C1C(=O)CCCC1=N2. The second-order valence-corrected chi connectivity index (χ2v) is 7.29. The third-order valence-electron chi connectivity index (χ3n) is 4.98. The lowest BCUT2D eigenvalue weighted by Gasteiger charge is -2.38. The van der Waals surface area contributed by atoms with E-state index in [2.05, 4.69) is 26.2 Å². The van der Waals surface area contributed by atoms with Crippen molar-refractivity contribution >= 4 is 33.2 Å². The van der Waals surface area contributed by atoms with E-state index in [9.17, 15) is 14.0 Å². The van der Waals surface area contributed by atoms with Gasteiger partial charge in [0, 0.05) is 30.2 Å². The third kappa shape index (κ3) is 2.48. The van der Waals surface area contributed by atoms with Crippen LogP contribution in [0.1, 0.15) is 30.7 Å². The maximum atomic E-state index is 13.7. The van der Waals surface area contributed by atoms with Gasteiger partial charge in [0.15, 0.2) is 5.78 Å². The van der Waals surface area contributed by atoms with Gasteiger partial charge in [-0.05, 0) is 46.5 Å². The van der Waals surface area contributed by atoms with Gasteiger partial charge in [-0.2, -0.15) is 0 Å². The molecule has 3 aliphatic rings. The number of hydrogen-bond donors (Lipinski definition) is 1. The number of hydrogen-bond acceptors (Lipinski definition) is 4. The summed E-state index contributed by atoms with van der Waals surface area (Å²) in [4.78, 5) is 29.8. The van der Waals surface area contributed by atoms with Crippen LogP contribution in [0.15, 0.2) is 38.9 Å². The van der Waals surface area contributed by atoms with Gasteiger partial charge in [0.2, 0.25) is 0 Å². The topological polar surface area (TPSA) is 58.5 Å². The molecule has 2 atom stereocenters. The van der Waals surface area contributed by atoms with Gasteiger partial charge in [0.05, 0.1) is 22.6 Å². The summed E-state index contributed by atoms with van der Waals surface area (Å²) in [6, 6.07) is 4.74. The van der Waals surface area contributed by atoms with E-state index in [1.54, 1.807) is 12.1 Å². The molecule has 1 aromatic carbocycles. The molecule has 0 bridgehead atoms. The smallest absolute Gasteiger partial charge is 0.175 e. The molecule has 2 aliphatic heterocycles. The molecule has 2 unspecified atom stereocenters. The number of Topliss-reactive ketones (excluding diaryl/α,β-unsaturated/α-hetero) is 2. The van der Waals surface area contributed by atoms with Crippen LogP contribution < -0.4 is 5.32 Å². The van der Waals surface area contributed by atoms with Crippen molar-refractivity contribution in [1.29, 1.82) is 0 Å². The van der Waals surface area contributed by atoms with Crippen molar-refractivity contribution in [2.75, 3.05) is 13.1 Å². The number of carbonyl (C=O) groups is 2. The highest BCUT2D eigenvalue weighted by Crippen LogP contribution is 2.44. The minimum Gasteiger partial charge on any atom is -0.304 e. The molecule has 0 saturated heterocycles. The Morgan fingerprint density at radius 3 is 2.79 bits per heavy atom. The van der Waals surface area contributed by atoms with Crippen molar-refractivity contribution in [2.45, 2.75) is 25.2 Å². The molecule has 24 heavy (non-hydrogen) atoms. The molecule has 0 aromatic heterocycles.